The van der Waals surface area contributed by atoms with Crippen LogP contribution in [0, 0.1) is 17.1 Å². The van der Waals surface area contributed by atoms with Gasteiger partial charge < -0.3 is 18.9 Å². The summed E-state index contributed by atoms with van der Waals surface area (Å²) < 4.78 is 64.0. The monoisotopic (exact) mass is 486 g/mol. The molecule has 0 radical (unpaired) electrons. The van der Waals surface area contributed by atoms with Crippen LogP contribution in [0.2, 0.25) is 0 Å². The lowest BCUT2D eigenvalue weighted by Crippen LogP contribution is -2.17. The number of fused-ring (bicyclic) bond motifs is 3. The van der Waals surface area contributed by atoms with Crippen LogP contribution in [0.3, 0.4) is 0 Å². The highest BCUT2D eigenvalue weighted by molar-refractivity contribution is 5.87. The van der Waals surface area contributed by atoms with E-state index in [1.54, 1.807) is 22.8 Å². The topological polar surface area (TPSA) is 114 Å². The molecule has 4 aromatic rings. The number of nitriles is 1. The van der Waals surface area contributed by atoms with Crippen molar-refractivity contribution < 1.29 is 36.7 Å². The lowest BCUT2D eigenvalue weighted by atomic mass is 9.99. The lowest BCUT2D eigenvalue weighted by Gasteiger charge is -2.09. The van der Waals surface area contributed by atoms with Gasteiger partial charge in [-0.25, -0.2) is 4.39 Å². The van der Waals surface area contributed by atoms with Crippen LogP contribution in [0.15, 0.2) is 40.9 Å². The summed E-state index contributed by atoms with van der Waals surface area (Å²) in [5.74, 6) is -2.67. The fourth-order valence-corrected chi connectivity index (χ4v) is 4.38. The molecule has 1 unspecified atom stereocenters. The number of halogens is 4. The van der Waals surface area contributed by atoms with Crippen molar-refractivity contribution in [2.45, 2.75) is 31.7 Å². The van der Waals surface area contributed by atoms with Crippen LogP contribution in [0.1, 0.15) is 30.0 Å². The van der Waals surface area contributed by atoms with Gasteiger partial charge in [0.25, 0.3) is 5.89 Å². The molecule has 2 aromatic heterocycles. The third-order valence-electron chi connectivity index (χ3n) is 5.75. The second kappa shape index (κ2) is 8.12. The molecule has 5 rings (SSSR count). The van der Waals surface area contributed by atoms with E-state index in [0.29, 0.717) is 29.7 Å². The molecule has 178 valence electrons. The molecule has 0 saturated heterocycles. The van der Waals surface area contributed by atoms with Crippen molar-refractivity contribution in [2.24, 2.45) is 0 Å². The Balaban J connectivity index is 1.51. The first-order valence-electron chi connectivity index (χ1n) is 10.3. The van der Waals surface area contributed by atoms with E-state index in [9.17, 15) is 18.0 Å². The highest BCUT2D eigenvalue weighted by Gasteiger charge is 2.32. The summed E-state index contributed by atoms with van der Waals surface area (Å²) in [6, 6.07) is 9.76. The Labute approximate surface area is 194 Å². The summed E-state index contributed by atoms with van der Waals surface area (Å²) in [6.07, 6.45) is -4.59. The predicted octanol–water partition coefficient (Wildman–Crippen LogP) is 5.23. The molecule has 0 saturated carbocycles. The third-order valence-corrected chi connectivity index (χ3v) is 5.75. The normalized spacial score (nSPS) is 15.2. The van der Waals surface area contributed by atoms with Gasteiger partial charge in [-0.05, 0) is 42.8 Å². The molecule has 0 spiro atoms. The molecular formula is C23H14F4N4O4. The molecule has 0 aliphatic carbocycles. The average molecular weight is 486 g/mol. The Morgan fingerprint density at radius 2 is 2.06 bits per heavy atom. The van der Waals surface area contributed by atoms with Crippen molar-refractivity contribution in [3.63, 3.8) is 0 Å². The van der Waals surface area contributed by atoms with E-state index in [0.717, 1.165) is 12.1 Å². The quantitative estimate of drug-likeness (QED) is 0.384. The van der Waals surface area contributed by atoms with Crippen molar-refractivity contribution in [2.75, 3.05) is 0 Å². The van der Waals surface area contributed by atoms with Crippen molar-refractivity contribution in [1.29, 1.82) is 5.26 Å². The number of nitrogens with zero attached hydrogens (tertiary/aromatic N) is 4. The van der Waals surface area contributed by atoms with Crippen LogP contribution in [-0.2, 0) is 11.3 Å². The zero-order valence-electron chi connectivity index (χ0n) is 17.6. The average Bonchev–Trinajstić information content (AvgIpc) is 3.49. The minimum Gasteiger partial charge on any atom is -0.481 e. The summed E-state index contributed by atoms with van der Waals surface area (Å²) in [4.78, 5) is 15.3. The van der Waals surface area contributed by atoms with E-state index < -0.39 is 29.8 Å². The summed E-state index contributed by atoms with van der Waals surface area (Å²) in [7, 11) is 0. The van der Waals surface area contributed by atoms with Gasteiger partial charge in [-0.2, -0.15) is 10.2 Å². The van der Waals surface area contributed by atoms with Gasteiger partial charge in [-0.1, -0.05) is 5.16 Å². The molecule has 12 heteroatoms. The summed E-state index contributed by atoms with van der Waals surface area (Å²) in [5.41, 5.74) is 1.26. The number of hydrogen-bond acceptors (Lipinski definition) is 6. The van der Waals surface area contributed by atoms with E-state index >= 15 is 4.39 Å². The molecule has 35 heavy (non-hydrogen) atoms. The molecule has 2 aromatic carbocycles. The number of alkyl halides is 3. The van der Waals surface area contributed by atoms with Crippen LogP contribution in [0.5, 0.6) is 5.75 Å². The number of ether oxygens (including phenoxy) is 1. The van der Waals surface area contributed by atoms with E-state index in [4.69, 9.17) is 14.9 Å². The molecular weight excluding hydrogens is 472 g/mol. The summed E-state index contributed by atoms with van der Waals surface area (Å²) >= 11 is 0. The SMILES string of the molecule is N#Cc1cc(OC(F)(F)F)cc(-c2nc(-c3ccc4c(c3)c(F)c3n4CCC3CC(=O)O)no2)c1. The van der Waals surface area contributed by atoms with Crippen molar-refractivity contribution >= 4 is 16.9 Å². The van der Waals surface area contributed by atoms with Crippen LogP contribution >= 0.6 is 0 Å². The van der Waals surface area contributed by atoms with Crippen LogP contribution in [-0.4, -0.2) is 32.1 Å². The number of hydrogen-bond donors (Lipinski definition) is 1. The second-order valence-corrected chi connectivity index (χ2v) is 8.00. The van der Waals surface area contributed by atoms with E-state index in [1.165, 1.54) is 12.1 Å². The molecule has 0 fully saturated rings. The minimum absolute atomic E-state index is 0.0358. The molecule has 8 nitrogen and oxygen atoms in total. The standard InChI is InChI=1S/C23H14F4N4O4/c24-19-16-8-13(1-2-17(16)31-4-3-12(20(19)31)9-18(32)33)21-29-22(35-30-21)14-5-11(10-28)6-15(7-14)34-23(25,26)27/h1-2,5-8,12H,3-4,9H2,(H,32,33). The maximum Gasteiger partial charge on any atom is 0.573 e. The van der Waals surface area contributed by atoms with Crippen molar-refractivity contribution in [3.8, 4) is 34.7 Å². The van der Waals surface area contributed by atoms with Gasteiger partial charge in [0, 0.05) is 29.0 Å². The van der Waals surface area contributed by atoms with Gasteiger partial charge in [0.05, 0.1) is 29.3 Å². The summed E-state index contributed by atoms with van der Waals surface area (Å²) in [6.45, 7) is 0.497. The number of aryl methyl sites for hydroxylation is 1. The lowest BCUT2D eigenvalue weighted by molar-refractivity contribution is -0.274. The van der Waals surface area contributed by atoms with Gasteiger partial charge in [-0.15, -0.1) is 13.2 Å². The van der Waals surface area contributed by atoms with Crippen LogP contribution in [0.4, 0.5) is 17.6 Å². The zero-order chi connectivity index (χ0) is 24.9. The predicted molar refractivity (Wildman–Crippen MR) is 112 cm³/mol. The Morgan fingerprint density at radius 1 is 1.26 bits per heavy atom. The summed E-state index contributed by atoms with van der Waals surface area (Å²) in [5, 5.41) is 22.4. The third kappa shape index (κ3) is 4.16. The molecule has 1 atom stereocenters. The minimum atomic E-state index is -4.95. The molecule has 1 N–H and O–H groups in total. The second-order valence-electron chi connectivity index (χ2n) is 8.00. The van der Waals surface area contributed by atoms with Crippen molar-refractivity contribution in [3.05, 3.63) is 53.5 Å². The molecule has 1 aliphatic rings. The van der Waals surface area contributed by atoms with Gasteiger partial charge >= 0.3 is 12.3 Å². The number of carboxylic acid groups (broad SMARTS) is 1. The fourth-order valence-electron chi connectivity index (χ4n) is 4.38. The number of carboxylic acids is 1. The Kier molecular flexibility index (Phi) is 5.20. The molecule has 0 amide bonds. The van der Waals surface area contributed by atoms with E-state index in [1.807, 2.05) is 0 Å². The number of carbonyl (C=O) groups is 1. The van der Waals surface area contributed by atoms with Gasteiger partial charge in [0.1, 0.15) is 5.75 Å². The highest BCUT2D eigenvalue weighted by Crippen LogP contribution is 2.40. The van der Waals surface area contributed by atoms with Crippen LogP contribution < -0.4 is 4.74 Å². The number of rotatable bonds is 5. The van der Waals surface area contributed by atoms with E-state index in [2.05, 4.69) is 14.9 Å². The van der Waals surface area contributed by atoms with Gasteiger partial charge in [0.2, 0.25) is 5.82 Å². The van der Waals surface area contributed by atoms with Gasteiger partial charge in [0.15, 0.2) is 5.82 Å². The maximum absolute atomic E-state index is 15.2. The first-order chi connectivity index (χ1) is 16.6. The number of benzene rings is 2. The van der Waals surface area contributed by atoms with Gasteiger partial charge in [-0.3, -0.25) is 4.79 Å². The highest BCUT2D eigenvalue weighted by atomic mass is 19.4. The van der Waals surface area contributed by atoms with Crippen LogP contribution in [0.25, 0.3) is 33.7 Å². The smallest absolute Gasteiger partial charge is 0.481 e. The molecule has 3 heterocycles. The Morgan fingerprint density at radius 3 is 2.77 bits per heavy atom. The fraction of sp³-hybridized carbons (Fsp3) is 0.217. The Bertz CT molecular complexity index is 1520. The maximum atomic E-state index is 15.2. The van der Waals surface area contributed by atoms with Crippen molar-refractivity contribution in [1.82, 2.24) is 14.7 Å². The first-order valence-corrected chi connectivity index (χ1v) is 10.3. The molecule has 0 bridgehead atoms. The zero-order valence-corrected chi connectivity index (χ0v) is 17.6. The number of aromatic nitrogens is 3. The molecule has 1 aliphatic heterocycles. The number of aliphatic carboxylic acids is 1. The first kappa shape index (κ1) is 22.4. The van der Waals surface area contributed by atoms with E-state index in [-0.39, 0.29) is 34.6 Å². The largest absolute Gasteiger partial charge is 0.573 e. The Hall–Kier alpha value is -4.40.